The molecule has 0 fully saturated rings. The molecular weight excluding hydrogens is 447 g/mol. The number of nitrogens with one attached hydrogen (secondary N) is 1. The van der Waals surface area contributed by atoms with E-state index in [-0.39, 0.29) is 28.2 Å². The molecule has 0 aromatic heterocycles. The number of rotatable bonds is 5. The van der Waals surface area contributed by atoms with Crippen molar-refractivity contribution in [2.24, 2.45) is 0 Å². The van der Waals surface area contributed by atoms with E-state index in [0.29, 0.717) is 0 Å². The first-order valence-corrected chi connectivity index (χ1v) is 9.40. The summed E-state index contributed by atoms with van der Waals surface area (Å²) in [4.78, 5) is 27.1. The molecule has 0 spiro atoms. The average Bonchev–Trinajstić information content (AvgIpc) is 2.98. The normalized spacial score (nSPS) is 14.2. The van der Waals surface area contributed by atoms with Crippen molar-refractivity contribution < 1.29 is 36.3 Å². The summed E-state index contributed by atoms with van der Waals surface area (Å²) in [5.74, 6) is -3.31. The molecule has 3 aromatic rings. The fourth-order valence-corrected chi connectivity index (χ4v) is 3.26. The number of ether oxygens (including phenoxy) is 1. The molecule has 2 amide bonds. The van der Waals surface area contributed by atoms with Gasteiger partial charge in [-0.3, -0.25) is 9.59 Å². The lowest BCUT2D eigenvalue weighted by atomic mass is 10.0. The summed E-state index contributed by atoms with van der Waals surface area (Å²) in [7, 11) is 0. The summed E-state index contributed by atoms with van der Waals surface area (Å²) in [6.07, 6.45) is -4.87. The topological polar surface area (TPSA) is 58.6 Å². The molecule has 10 heteroatoms. The van der Waals surface area contributed by atoms with E-state index in [1.807, 2.05) is 0 Å². The number of carbonyl (C=O) groups is 2. The Balaban J connectivity index is 1.73. The van der Waals surface area contributed by atoms with Gasteiger partial charge in [-0.2, -0.15) is 0 Å². The standard InChI is InChI=1S/C23H13F5N2O3/c24-14-6-4-13(5-7-14)19-20(29-16-8-10-18(11-9-16)33-23(26,27)28)22(32)30(21(19)31)17-3-1-2-15(25)12-17/h1-12,29H. The lowest BCUT2D eigenvalue weighted by Crippen LogP contribution is -2.32. The highest BCUT2D eigenvalue weighted by molar-refractivity contribution is 6.46. The van der Waals surface area contributed by atoms with Crippen molar-refractivity contribution in [2.45, 2.75) is 6.36 Å². The predicted molar refractivity (Wildman–Crippen MR) is 109 cm³/mol. The third kappa shape index (κ3) is 4.69. The fraction of sp³-hybridized carbons (Fsp3) is 0.0435. The molecule has 0 atom stereocenters. The summed E-state index contributed by atoms with van der Waals surface area (Å²) >= 11 is 0. The molecule has 33 heavy (non-hydrogen) atoms. The van der Waals surface area contributed by atoms with Gasteiger partial charge in [-0.1, -0.05) is 18.2 Å². The minimum Gasteiger partial charge on any atom is -0.406 e. The van der Waals surface area contributed by atoms with Gasteiger partial charge < -0.3 is 10.1 Å². The van der Waals surface area contributed by atoms with Crippen LogP contribution >= 0.6 is 0 Å². The molecule has 0 saturated carbocycles. The molecular formula is C23H13F5N2O3. The van der Waals surface area contributed by atoms with Crippen molar-refractivity contribution in [3.05, 3.63) is 95.7 Å². The third-order valence-corrected chi connectivity index (χ3v) is 4.64. The van der Waals surface area contributed by atoms with Gasteiger partial charge in [0.05, 0.1) is 11.3 Å². The van der Waals surface area contributed by atoms with Crippen LogP contribution in [-0.2, 0) is 9.59 Å². The largest absolute Gasteiger partial charge is 0.573 e. The minimum absolute atomic E-state index is 0.0182. The number of amides is 2. The number of hydrogen-bond acceptors (Lipinski definition) is 4. The average molecular weight is 460 g/mol. The Morgan fingerprint density at radius 2 is 1.45 bits per heavy atom. The van der Waals surface area contributed by atoms with Crippen LogP contribution in [0.1, 0.15) is 5.56 Å². The van der Waals surface area contributed by atoms with Gasteiger partial charge in [-0.05, 0) is 60.2 Å². The van der Waals surface area contributed by atoms with Gasteiger partial charge >= 0.3 is 6.36 Å². The molecule has 1 aliphatic rings. The van der Waals surface area contributed by atoms with Crippen LogP contribution in [0.15, 0.2) is 78.5 Å². The van der Waals surface area contributed by atoms with E-state index in [1.54, 1.807) is 0 Å². The smallest absolute Gasteiger partial charge is 0.406 e. The number of hydrogen-bond donors (Lipinski definition) is 1. The molecule has 0 aliphatic carbocycles. The van der Waals surface area contributed by atoms with Gasteiger partial charge in [0, 0.05) is 5.69 Å². The second-order valence-corrected chi connectivity index (χ2v) is 6.88. The predicted octanol–water partition coefficient (Wildman–Crippen LogP) is 5.26. The Morgan fingerprint density at radius 1 is 0.788 bits per heavy atom. The van der Waals surface area contributed by atoms with Gasteiger partial charge in [-0.25, -0.2) is 13.7 Å². The Hall–Kier alpha value is -4.21. The summed E-state index contributed by atoms with van der Waals surface area (Å²) in [6.45, 7) is 0. The second kappa shape index (κ2) is 8.38. The molecule has 0 saturated heterocycles. The molecule has 5 nitrogen and oxygen atoms in total. The van der Waals surface area contributed by atoms with Crippen LogP contribution in [0.25, 0.3) is 5.57 Å². The first-order valence-electron chi connectivity index (χ1n) is 9.40. The highest BCUT2D eigenvalue weighted by atomic mass is 19.4. The van der Waals surface area contributed by atoms with Gasteiger partial charge in [0.15, 0.2) is 0 Å². The van der Waals surface area contributed by atoms with Crippen LogP contribution in [0.4, 0.5) is 33.3 Å². The number of benzene rings is 3. The minimum atomic E-state index is -4.87. The number of nitrogens with zero attached hydrogens (tertiary/aromatic N) is 1. The first kappa shape index (κ1) is 22.0. The van der Waals surface area contributed by atoms with E-state index >= 15 is 0 Å². The summed E-state index contributed by atoms with van der Waals surface area (Å²) < 4.78 is 68.1. The van der Waals surface area contributed by atoms with Crippen LogP contribution in [-0.4, -0.2) is 18.2 Å². The number of anilines is 2. The van der Waals surface area contributed by atoms with Crippen LogP contribution in [0.3, 0.4) is 0 Å². The van der Waals surface area contributed by atoms with Gasteiger partial charge in [-0.15, -0.1) is 13.2 Å². The molecule has 0 unspecified atom stereocenters. The van der Waals surface area contributed by atoms with Crippen molar-refractivity contribution in [2.75, 3.05) is 10.2 Å². The molecule has 1 N–H and O–H groups in total. The third-order valence-electron chi connectivity index (χ3n) is 4.64. The number of carbonyl (C=O) groups excluding carboxylic acids is 2. The molecule has 168 valence electrons. The quantitative estimate of drug-likeness (QED) is 0.417. The Morgan fingerprint density at radius 3 is 2.06 bits per heavy atom. The zero-order valence-electron chi connectivity index (χ0n) is 16.5. The summed E-state index contributed by atoms with van der Waals surface area (Å²) in [5.41, 5.74) is 0.0603. The number of alkyl halides is 3. The Labute approximate surface area is 183 Å². The van der Waals surface area contributed by atoms with E-state index in [1.165, 1.54) is 36.4 Å². The second-order valence-electron chi connectivity index (χ2n) is 6.88. The molecule has 1 aliphatic heterocycles. The van der Waals surface area contributed by atoms with Crippen LogP contribution < -0.4 is 15.0 Å². The molecule has 1 heterocycles. The highest BCUT2D eigenvalue weighted by Crippen LogP contribution is 2.34. The van der Waals surface area contributed by atoms with E-state index in [9.17, 15) is 31.5 Å². The number of imide groups is 1. The zero-order valence-corrected chi connectivity index (χ0v) is 16.5. The van der Waals surface area contributed by atoms with Crippen LogP contribution in [0.5, 0.6) is 5.75 Å². The first-order chi connectivity index (χ1) is 15.6. The Kier molecular flexibility index (Phi) is 5.59. The molecule has 3 aromatic carbocycles. The van der Waals surface area contributed by atoms with Crippen molar-refractivity contribution in [1.82, 2.24) is 0 Å². The maximum absolute atomic E-state index is 13.7. The highest BCUT2D eigenvalue weighted by Gasteiger charge is 2.40. The van der Waals surface area contributed by atoms with E-state index < -0.39 is 35.6 Å². The SMILES string of the molecule is O=C1C(Nc2ccc(OC(F)(F)F)cc2)=C(c2ccc(F)cc2)C(=O)N1c1cccc(F)c1. The van der Waals surface area contributed by atoms with Crippen molar-refractivity contribution in [3.8, 4) is 5.75 Å². The maximum atomic E-state index is 13.7. The van der Waals surface area contributed by atoms with Gasteiger partial charge in [0.25, 0.3) is 11.8 Å². The molecule has 0 bridgehead atoms. The summed E-state index contributed by atoms with van der Waals surface area (Å²) in [6, 6.07) is 14.1. The van der Waals surface area contributed by atoms with E-state index in [4.69, 9.17) is 0 Å². The van der Waals surface area contributed by atoms with Crippen molar-refractivity contribution in [3.63, 3.8) is 0 Å². The fourth-order valence-electron chi connectivity index (χ4n) is 3.26. The van der Waals surface area contributed by atoms with E-state index in [0.717, 1.165) is 41.3 Å². The lowest BCUT2D eigenvalue weighted by molar-refractivity contribution is -0.274. The van der Waals surface area contributed by atoms with Crippen LogP contribution in [0.2, 0.25) is 0 Å². The number of halogens is 5. The molecule has 0 radical (unpaired) electrons. The van der Waals surface area contributed by atoms with Gasteiger partial charge in [0.2, 0.25) is 0 Å². The lowest BCUT2D eigenvalue weighted by Gasteiger charge is -2.15. The van der Waals surface area contributed by atoms with Crippen molar-refractivity contribution >= 4 is 28.8 Å². The van der Waals surface area contributed by atoms with Crippen molar-refractivity contribution in [1.29, 1.82) is 0 Å². The van der Waals surface area contributed by atoms with E-state index in [2.05, 4.69) is 10.1 Å². The zero-order chi connectivity index (χ0) is 23.8. The monoisotopic (exact) mass is 460 g/mol. The maximum Gasteiger partial charge on any atom is 0.573 e. The van der Waals surface area contributed by atoms with Gasteiger partial charge in [0.1, 0.15) is 23.1 Å². The molecule has 4 rings (SSSR count). The van der Waals surface area contributed by atoms with Crippen LogP contribution in [0, 0.1) is 11.6 Å². The Bertz CT molecular complexity index is 1250. The summed E-state index contributed by atoms with van der Waals surface area (Å²) in [5, 5.41) is 2.73.